The van der Waals surface area contributed by atoms with Crippen LogP contribution in [0, 0.1) is 11.9 Å². The van der Waals surface area contributed by atoms with E-state index in [4.69, 9.17) is 0 Å². The molecule has 17 heavy (non-hydrogen) atoms. The van der Waals surface area contributed by atoms with Gasteiger partial charge in [0.25, 0.3) is 5.91 Å². The largest absolute Gasteiger partial charge is 0.334 e. The summed E-state index contributed by atoms with van der Waals surface area (Å²) in [5.74, 6) is -0.327. The molecule has 2 heterocycles. The van der Waals surface area contributed by atoms with E-state index in [2.05, 4.69) is 18.8 Å². The number of likely N-dealkylation sites (tertiary alicyclic amines) is 1. The lowest BCUT2D eigenvalue weighted by Crippen LogP contribution is -2.38. The summed E-state index contributed by atoms with van der Waals surface area (Å²) in [6.45, 7) is 4.96. The summed E-state index contributed by atoms with van der Waals surface area (Å²) in [6.07, 6.45) is 2.04. The van der Waals surface area contributed by atoms with Crippen molar-refractivity contribution in [2.45, 2.75) is 32.7 Å². The number of hydrogen-bond acceptors (Lipinski definition) is 2. The Morgan fingerprint density at radius 2 is 2.29 bits per heavy atom. The van der Waals surface area contributed by atoms with Gasteiger partial charge in [-0.3, -0.25) is 4.79 Å². The molecule has 0 spiro atoms. The number of halogens is 1. The van der Waals surface area contributed by atoms with Crippen molar-refractivity contribution >= 4 is 5.91 Å². The van der Waals surface area contributed by atoms with E-state index in [0.29, 0.717) is 5.92 Å². The fourth-order valence-corrected chi connectivity index (χ4v) is 2.41. The summed E-state index contributed by atoms with van der Waals surface area (Å²) in [4.78, 5) is 17.7. The van der Waals surface area contributed by atoms with Gasteiger partial charge in [-0.1, -0.05) is 19.9 Å². The lowest BCUT2D eigenvalue weighted by molar-refractivity contribution is 0.0694. The quantitative estimate of drug-likeness (QED) is 0.739. The van der Waals surface area contributed by atoms with Gasteiger partial charge in [-0.2, -0.15) is 4.39 Å². The number of amides is 1. The standard InChI is InChI=1S/C13H17FN2O/c1-9(2)11-6-4-8-16(11)13(17)10-5-3-7-12(14)15-10/h3,5,7,9,11H,4,6,8H2,1-2H3. The second kappa shape index (κ2) is 4.82. The molecule has 3 nitrogen and oxygen atoms in total. The Bertz CT molecular complexity index is 420. The molecule has 1 unspecified atom stereocenters. The maximum atomic E-state index is 13.0. The molecule has 92 valence electrons. The van der Waals surface area contributed by atoms with Crippen molar-refractivity contribution in [3.05, 3.63) is 29.8 Å². The van der Waals surface area contributed by atoms with Crippen LogP contribution in [0.3, 0.4) is 0 Å². The molecule has 0 N–H and O–H groups in total. The van der Waals surface area contributed by atoms with Crippen LogP contribution in [0.25, 0.3) is 0 Å². The second-order valence-corrected chi connectivity index (χ2v) is 4.80. The van der Waals surface area contributed by atoms with E-state index in [1.807, 2.05) is 4.90 Å². The predicted molar refractivity (Wildman–Crippen MR) is 63.1 cm³/mol. The summed E-state index contributed by atoms with van der Waals surface area (Å²) in [5, 5.41) is 0. The average Bonchev–Trinajstić information content (AvgIpc) is 2.77. The van der Waals surface area contributed by atoms with Gasteiger partial charge in [0, 0.05) is 12.6 Å². The van der Waals surface area contributed by atoms with E-state index in [9.17, 15) is 9.18 Å². The van der Waals surface area contributed by atoms with E-state index in [-0.39, 0.29) is 17.6 Å². The molecule has 0 bridgehead atoms. The van der Waals surface area contributed by atoms with Crippen molar-refractivity contribution in [2.75, 3.05) is 6.54 Å². The van der Waals surface area contributed by atoms with Crippen molar-refractivity contribution in [1.82, 2.24) is 9.88 Å². The first-order valence-electron chi connectivity index (χ1n) is 6.03. The summed E-state index contributed by atoms with van der Waals surface area (Å²) >= 11 is 0. The fourth-order valence-electron chi connectivity index (χ4n) is 2.41. The molecule has 0 radical (unpaired) electrons. The number of carbonyl (C=O) groups excluding carboxylic acids is 1. The van der Waals surface area contributed by atoms with Crippen LogP contribution in [0.1, 0.15) is 37.2 Å². The van der Waals surface area contributed by atoms with Gasteiger partial charge >= 0.3 is 0 Å². The molecule has 1 amide bonds. The molecule has 0 aromatic carbocycles. The third-order valence-corrected chi connectivity index (χ3v) is 3.26. The molecular weight excluding hydrogens is 219 g/mol. The lowest BCUT2D eigenvalue weighted by Gasteiger charge is -2.27. The first-order valence-corrected chi connectivity index (χ1v) is 6.03. The average molecular weight is 236 g/mol. The topological polar surface area (TPSA) is 33.2 Å². The van der Waals surface area contributed by atoms with Crippen molar-refractivity contribution in [3.8, 4) is 0 Å². The monoisotopic (exact) mass is 236 g/mol. The fraction of sp³-hybridized carbons (Fsp3) is 0.538. The lowest BCUT2D eigenvalue weighted by atomic mass is 10.0. The van der Waals surface area contributed by atoms with Crippen LogP contribution in [-0.4, -0.2) is 28.4 Å². The van der Waals surface area contributed by atoms with Crippen molar-refractivity contribution in [3.63, 3.8) is 0 Å². The SMILES string of the molecule is CC(C)C1CCCN1C(=O)c1cccc(F)n1. The molecule has 0 saturated carbocycles. The Morgan fingerprint density at radius 3 is 2.94 bits per heavy atom. The van der Waals surface area contributed by atoms with Gasteiger partial charge < -0.3 is 4.90 Å². The molecule has 1 aromatic heterocycles. The highest BCUT2D eigenvalue weighted by Crippen LogP contribution is 2.25. The normalized spacial score (nSPS) is 20.0. The van der Waals surface area contributed by atoms with Crippen LogP contribution in [0.15, 0.2) is 18.2 Å². The Kier molecular flexibility index (Phi) is 3.41. The number of aromatic nitrogens is 1. The van der Waals surface area contributed by atoms with E-state index in [1.54, 1.807) is 6.07 Å². The Labute approximate surface area is 101 Å². The highest BCUT2D eigenvalue weighted by molar-refractivity contribution is 5.92. The minimum atomic E-state index is -0.601. The third-order valence-electron chi connectivity index (χ3n) is 3.26. The Morgan fingerprint density at radius 1 is 1.53 bits per heavy atom. The number of carbonyl (C=O) groups is 1. The number of hydrogen-bond donors (Lipinski definition) is 0. The van der Waals surface area contributed by atoms with Crippen LogP contribution in [0.2, 0.25) is 0 Å². The van der Waals surface area contributed by atoms with E-state index in [1.165, 1.54) is 12.1 Å². The van der Waals surface area contributed by atoms with Crippen molar-refractivity contribution < 1.29 is 9.18 Å². The first-order chi connectivity index (χ1) is 8.09. The van der Waals surface area contributed by atoms with Gasteiger partial charge in [-0.05, 0) is 30.9 Å². The van der Waals surface area contributed by atoms with E-state index >= 15 is 0 Å². The van der Waals surface area contributed by atoms with Gasteiger partial charge in [0.05, 0.1) is 0 Å². The zero-order chi connectivity index (χ0) is 12.4. The van der Waals surface area contributed by atoms with E-state index in [0.717, 1.165) is 19.4 Å². The highest BCUT2D eigenvalue weighted by atomic mass is 19.1. The van der Waals surface area contributed by atoms with E-state index < -0.39 is 5.95 Å². The number of nitrogens with zero attached hydrogens (tertiary/aromatic N) is 2. The Hall–Kier alpha value is -1.45. The molecular formula is C13H17FN2O. The zero-order valence-electron chi connectivity index (χ0n) is 10.2. The summed E-state index contributed by atoms with van der Waals surface area (Å²) < 4.78 is 13.0. The van der Waals surface area contributed by atoms with Gasteiger partial charge in [-0.25, -0.2) is 4.98 Å². The third kappa shape index (κ3) is 2.46. The van der Waals surface area contributed by atoms with Crippen molar-refractivity contribution in [1.29, 1.82) is 0 Å². The maximum absolute atomic E-state index is 13.0. The van der Waals surface area contributed by atoms with Gasteiger partial charge in [0.15, 0.2) is 0 Å². The molecule has 2 rings (SSSR count). The molecule has 0 aliphatic carbocycles. The van der Waals surface area contributed by atoms with Crippen LogP contribution >= 0.6 is 0 Å². The first kappa shape index (κ1) is 12.0. The van der Waals surface area contributed by atoms with Gasteiger partial charge in [-0.15, -0.1) is 0 Å². The molecule has 1 aliphatic rings. The molecule has 4 heteroatoms. The molecule has 1 aromatic rings. The van der Waals surface area contributed by atoms with Gasteiger partial charge in [0.2, 0.25) is 5.95 Å². The van der Waals surface area contributed by atoms with Gasteiger partial charge in [0.1, 0.15) is 5.69 Å². The number of rotatable bonds is 2. The molecule has 1 aliphatic heterocycles. The predicted octanol–water partition coefficient (Wildman–Crippen LogP) is 2.48. The smallest absolute Gasteiger partial charge is 0.272 e. The maximum Gasteiger partial charge on any atom is 0.272 e. The minimum absolute atomic E-state index is 0.152. The zero-order valence-corrected chi connectivity index (χ0v) is 10.2. The molecule has 1 saturated heterocycles. The van der Waals surface area contributed by atoms with Crippen LogP contribution in [-0.2, 0) is 0 Å². The second-order valence-electron chi connectivity index (χ2n) is 4.80. The molecule has 1 fully saturated rings. The summed E-state index contributed by atoms with van der Waals surface area (Å²) in [5.41, 5.74) is 0.206. The minimum Gasteiger partial charge on any atom is -0.334 e. The van der Waals surface area contributed by atoms with Crippen LogP contribution in [0.5, 0.6) is 0 Å². The van der Waals surface area contributed by atoms with Crippen LogP contribution in [0.4, 0.5) is 4.39 Å². The molecule has 1 atom stereocenters. The summed E-state index contributed by atoms with van der Waals surface area (Å²) in [7, 11) is 0. The highest BCUT2D eigenvalue weighted by Gasteiger charge is 2.31. The van der Waals surface area contributed by atoms with Crippen LogP contribution < -0.4 is 0 Å². The Balaban J connectivity index is 2.20. The summed E-state index contributed by atoms with van der Waals surface area (Å²) in [6, 6.07) is 4.60. The number of pyridine rings is 1. The van der Waals surface area contributed by atoms with Crippen molar-refractivity contribution in [2.24, 2.45) is 5.92 Å².